The third-order valence-corrected chi connectivity index (χ3v) is 6.38. The highest BCUT2D eigenvalue weighted by atomic mass is 35.5. The van der Waals surface area contributed by atoms with Gasteiger partial charge in [0.1, 0.15) is 0 Å². The van der Waals surface area contributed by atoms with Crippen LogP contribution in [0.15, 0.2) is 55.0 Å². The van der Waals surface area contributed by atoms with Gasteiger partial charge in [-0.2, -0.15) is 0 Å². The summed E-state index contributed by atoms with van der Waals surface area (Å²) in [5.41, 5.74) is 3.10. The molecule has 3 aromatic rings. The minimum atomic E-state index is -0.0134. The van der Waals surface area contributed by atoms with E-state index >= 15 is 0 Å². The van der Waals surface area contributed by atoms with Gasteiger partial charge in [-0.15, -0.1) is 0 Å². The first-order chi connectivity index (χ1) is 15.6. The molecule has 0 bridgehead atoms. The van der Waals surface area contributed by atoms with Crippen LogP contribution < -0.4 is 4.90 Å². The normalized spacial score (nSPS) is 18.4. The van der Waals surface area contributed by atoms with E-state index in [0.29, 0.717) is 61.1 Å². The standard InChI is InChI=1S/C24H22ClN5O2/c25-19-5-3-16(4-6-19)18-12-21-20(22(31)13-18)15-27-24(28-21)30-10-8-29(9-11-30)23(32)17-2-1-7-26-14-17/h1-7,14-15,18H,8-13H2. The lowest BCUT2D eigenvalue weighted by atomic mass is 9.82. The molecule has 3 heterocycles. The van der Waals surface area contributed by atoms with E-state index in [4.69, 9.17) is 16.6 Å². The van der Waals surface area contributed by atoms with Gasteiger partial charge < -0.3 is 9.80 Å². The Hall–Kier alpha value is -3.32. The third kappa shape index (κ3) is 4.08. The Morgan fingerprint density at radius 1 is 1.00 bits per heavy atom. The van der Waals surface area contributed by atoms with E-state index in [1.165, 1.54) is 0 Å². The van der Waals surface area contributed by atoms with Crippen LogP contribution in [-0.2, 0) is 6.42 Å². The first-order valence-corrected chi connectivity index (χ1v) is 11.0. The summed E-state index contributed by atoms with van der Waals surface area (Å²) in [6.07, 6.45) is 6.05. The van der Waals surface area contributed by atoms with Crippen LogP contribution in [0.25, 0.3) is 0 Å². The van der Waals surface area contributed by atoms with Gasteiger partial charge >= 0.3 is 0 Å². The van der Waals surface area contributed by atoms with Gasteiger partial charge in [-0.05, 0) is 42.2 Å². The summed E-state index contributed by atoms with van der Waals surface area (Å²) in [6, 6.07) is 11.2. The molecule has 0 radical (unpaired) electrons. The van der Waals surface area contributed by atoms with E-state index in [1.54, 1.807) is 30.7 Å². The quantitative estimate of drug-likeness (QED) is 0.612. The number of hydrogen-bond donors (Lipinski definition) is 0. The Labute approximate surface area is 191 Å². The number of ketones is 1. The Balaban J connectivity index is 1.29. The predicted octanol–water partition coefficient (Wildman–Crippen LogP) is 3.40. The van der Waals surface area contributed by atoms with Gasteiger partial charge in [-0.1, -0.05) is 23.7 Å². The maximum Gasteiger partial charge on any atom is 0.255 e. The van der Waals surface area contributed by atoms with Crippen LogP contribution in [0, 0.1) is 0 Å². The summed E-state index contributed by atoms with van der Waals surface area (Å²) in [6.45, 7) is 2.44. The predicted molar refractivity (Wildman–Crippen MR) is 121 cm³/mol. The Morgan fingerprint density at radius 2 is 1.78 bits per heavy atom. The number of halogens is 1. The number of piperazine rings is 1. The lowest BCUT2D eigenvalue weighted by Crippen LogP contribution is -2.49. The zero-order valence-corrected chi connectivity index (χ0v) is 18.2. The van der Waals surface area contributed by atoms with Gasteiger partial charge in [0.2, 0.25) is 5.95 Å². The molecule has 2 aliphatic rings. The molecule has 1 unspecified atom stereocenters. The number of amides is 1. The minimum absolute atomic E-state index is 0.0134. The van der Waals surface area contributed by atoms with Crippen LogP contribution in [0.2, 0.25) is 5.02 Å². The average Bonchev–Trinajstić information content (AvgIpc) is 2.84. The van der Waals surface area contributed by atoms with Crippen molar-refractivity contribution in [3.8, 4) is 0 Å². The summed E-state index contributed by atoms with van der Waals surface area (Å²) in [7, 11) is 0. The van der Waals surface area contributed by atoms with E-state index in [-0.39, 0.29) is 17.6 Å². The molecule has 1 atom stereocenters. The molecule has 8 heteroatoms. The van der Waals surface area contributed by atoms with Crippen molar-refractivity contribution in [2.24, 2.45) is 0 Å². The zero-order chi connectivity index (χ0) is 22.1. The minimum Gasteiger partial charge on any atom is -0.337 e. The molecule has 5 rings (SSSR count). The van der Waals surface area contributed by atoms with Gasteiger partial charge in [0.15, 0.2) is 5.78 Å². The van der Waals surface area contributed by atoms with Crippen molar-refractivity contribution in [1.29, 1.82) is 0 Å². The maximum absolute atomic E-state index is 12.7. The Bertz CT molecular complexity index is 1140. The fourth-order valence-corrected chi connectivity index (χ4v) is 4.46. The van der Waals surface area contributed by atoms with Crippen LogP contribution in [0.1, 0.15) is 44.3 Å². The number of pyridine rings is 1. The number of hydrogen-bond acceptors (Lipinski definition) is 6. The summed E-state index contributed by atoms with van der Waals surface area (Å²) in [4.78, 5) is 42.5. The monoisotopic (exact) mass is 447 g/mol. The lowest BCUT2D eigenvalue weighted by molar-refractivity contribution is 0.0745. The van der Waals surface area contributed by atoms with Crippen molar-refractivity contribution in [1.82, 2.24) is 19.9 Å². The maximum atomic E-state index is 12.7. The molecule has 162 valence electrons. The van der Waals surface area contributed by atoms with Gasteiger partial charge in [-0.25, -0.2) is 9.97 Å². The molecule has 0 N–H and O–H groups in total. The van der Waals surface area contributed by atoms with Crippen molar-refractivity contribution in [2.45, 2.75) is 18.8 Å². The second kappa shape index (κ2) is 8.67. The van der Waals surface area contributed by atoms with Crippen LogP contribution in [0.4, 0.5) is 5.95 Å². The van der Waals surface area contributed by atoms with Gasteiger partial charge in [0.25, 0.3) is 5.91 Å². The van der Waals surface area contributed by atoms with E-state index < -0.39 is 0 Å². The molecule has 1 fully saturated rings. The number of aromatic nitrogens is 3. The molecule has 2 aromatic heterocycles. The SMILES string of the molecule is O=C1CC(c2ccc(Cl)cc2)Cc2nc(N3CCN(C(=O)c4cccnc4)CC3)ncc21. The first kappa shape index (κ1) is 20.6. The zero-order valence-electron chi connectivity index (χ0n) is 17.4. The number of rotatable bonds is 3. The molecule has 0 saturated carbocycles. The van der Waals surface area contributed by atoms with Crippen molar-refractivity contribution in [2.75, 3.05) is 31.1 Å². The van der Waals surface area contributed by atoms with Gasteiger partial charge in [-0.3, -0.25) is 14.6 Å². The molecular weight excluding hydrogens is 426 g/mol. The molecule has 1 saturated heterocycles. The van der Waals surface area contributed by atoms with E-state index in [1.807, 2.05) is 29.2 Å². The Morgan fingerprint density at radius 3 is 2.50 bits per heavy atom. The van der Waals surface area contributed by atoms with Gasteiger partial charge in [0, 0.05) is 56.2 Å². The van der Waals surface area contributed by atoms with Crippen molar-refractivity contribution in [3.05, 3.63) is 82.4 Å². The summed E-state index contributed by atoms with van der Waals surface area (Å²) in [5, 5.41) is 0.682. The number of carbonyl (C=O) groups is 2. The number of anilines is 1. The molecule has 32 heavy (non-hydrogen) atoms. The van der Waals surface area contributed by atoms with Crippen molar-refractivity contribution >= 4 is 29.2 Å². The number of nitrogens with zero attached hydrogens (tertiary/aromatic N) is 5. The number of carbonyl (C=O) groups excluding carboxylic acids is 2. The second-order valence-corrected chi connectivity index (χ2v) is 8.57. The topological polar surface area (TPSA) is 79.3 Å². The highest BCUT2D eigenvalue weighted by Gasteiger charge is 2.30. The highest BCUT2D eigenvalue weighted by molar-refractivity contribution is 6.30. The summed E-state index contributed by atoms with van der Waals surface area (Å²) < 4.78 is 0. The molecule has 1 aliphatic heterocycles. The number of Topliss-reactive ketones (excluding diaryl/α,β-unsaturated/α-hetero) is 1. The molecule has 0 spiro atoms. The fourth-order valence-electron chi connectivity index (χ4n) is 4.34. The second-order valence-electron chi connectivity index (χ2n) is 8.13. The molecule has 7 nitrogen and oxygen atoms in total. The fraction of sp³-hybridized carbons (Fsp3) is 0.292. The summed E-state index contributed by atoms with van der Waals surface area (Å²) >= 11 is 6.01. The van der Waals surface area contributed by atoms with Crippen LogP contribution in [-0.4, -0.2) is 57.7 Å². The molecule has 1 amide bonds. The van der Waals surface area contributed by atoms with Crippen molar-refractivity contribution in [3.63, 3.8) is 0 Å². The summed E-state index contributed by atoms with van der Waals surface area (Å²) in [5.74, 6) is 0.760. The lowest BCUT2D eigenvalue weighted by Gasteiger charge is -2.35. The molecule has 1 aliphatic carbocycles. The number of fused-ring (bicyclic) bond motifs is 1. The van der Waals surface area contributed by atoms with E-state index in [9.17, 15) is 9.59 Å². The Kier molecular flexibility index (Phi) is 5.57. The average molecular weight is 448 g/mol. The van der Waals surface area contributed by atoms with Crippen molar-refractivity contribution < 1.29 is 9.59 Å². The smallest absolute Gasteiger partial charge is 0.255 e. The highest BCUT2D eigenvalue weighted by Crippen LogP contribution is 2.33. The molecule has 1 aromatic carbocycles. The first-order valence-electron chi connectivity index (χ1n) is 10.7. The van der Waals surface area contributed by atoms with Gasteiger partial charge in [0.05, 0.1) is 16.8 Å². The van der Waals surface area contributed by atoms with Crippen LogP contribution in [0.5, 0.6) is 0 Å². The van der Waals surface area contributed by atoms with E-state index in [2.05, 4.69) is 14.9 Å². The van der Waals surface area contributed by atoms with Crippen LogP contribution >= 0.6 is 11.6 Å². The number of benzene rings is 1. The largest absolute Gasteiger partial charge is 0.337 e. The van der Waals surface area contributed by atoms with E-state index in [0.717, 1.165) is 11.3 Å². The molecular formula is C24H22ClN5O2. The van der Waals surface area contributed by atoms with Crippen LogP contribution in [0.3, 0.4) is 0 Å². The third-order valence-electron chi connectivity index (χ3n) is 6.13.